The van der Waals surface area contributed by atoms with Crippen LogP contribution in [-0.2, 0) is 0 Å². The quantitative estimate of drug-likeness (QED) is 0.555. The number of nitrogens with one attached hydrogen (secondary N) is 1. The topological polar surface area (TPSA) is 61.5 Å². The Morgan fingerprint density at radius 1 is 1.25 bits per heavy atom. The Balaban J connectivity index is 1.73. The molecule has 0 radical (unpaired) electrons. The van der Waals surface area contributed by atoms with Crippen LogP contribution in [0.15, 0.2) is 63.6 Å². The van der Waals surface area contributed by atoms with E-state index >= 15 is 0 Å². The maximum Gasteiger partial charge on any atom is 0.170 e. The lowest BCUT2D eigenvalue weighted by Gasteiger charge is -2.25. The van der Waals surface area contributed by atoms with Crippen LogP contribution in [0.3, 0.4) is 0 Å². The fourth-order valence-electron chi connectivity index (χ4n) is 3.41. The second-order valence-electron chi connectivity index (χ2n) is 6.37. The third-order valence-electron chi connectivity index (χ3n) is 4.65. The molecule has 0 aliphatic carbocycles. The van der Waals surface area contributed by atoms with Crippen LogP contribution in [0.2, 0.25) is 0 Å². The van der Waals surface area contributed by atoms with Crippen molar-refractivity contribution in [2.45, 2.75) is 12.1 Å². The van der Waals surface area contributed by atoms with Crippen molar-refractivity contribution in [1.82, 2.24) is 15.2 Å². The maximum absolute atomic E-state index is 14.3. The predicted octanol–water partition coefficient (Wildman–Crippen LogP) is 4.21. The maximum atomic E-state index is 14.3. The molecule has 144 valence electrons. The number of aliphatic hydroxyl groups is 1. The summed E-state index contributed by atoms with van der Waals surface area (Å²) in [6.45, 7) is 0.296. The molecule has 2 unspecified atom stereocenters. The molecule has 0 amide bonds. The fraction of sp³-hybridized carbons (Fsp3) is 0.200. The summed E-state index contributed by atoms with van der Waals surface area (Å²) < 4.78 is 21.1. The Morgan fingerprint density at radius 2 is 2.11 bits per heavy atom. The van der Waals surface area contributed by atoms with Crippen LogP contribution in [0, 0.1) is 5.82 Å². The van der Waals surface area contributed by atoms with Gasteiger partial charge in [-0.15, -0.1) is 0 Å². The molecule has 2 aromatic heterocycles. The molecule has 4 rings (SSSR count). The molecule has 3 heterocycles. The van der Waals surface area contributed by atoms with Gasteiger partial charge in [0.2, 0.25) is 0 Å². The molecule has 2 atom stereocenters. The molecule has 1 saturated heterocycles. The van der Waals surface area contributed by atoms with Crippen LogP contribution in [0.4, 0.5) is 4.39 Å². The summed E-state index contributed by atoms with van der Waals surface area (Å²) in [6, 6.07) is 13.5. The average molecular weight is 462 g/mol. The molecule has 1 aromatic carbocycles. The molecule has 1 aliphatic heterocycles. The Hall–Kier alpha value is -2.29. The zero-order chi connectivity index (χ0) is 19.7. The van der Waals surface area contributed by atoms with Crippen molar-refractivity contribution >= 4 is 33.3 Å². The van der Waals surface area contributed by atoms with E-state index in [4.69, 9.17) is 16.6 Å². The number of hydrogen-bond donors (Lipinski definition) is 2. The number of rotatable bonds is 5. The van der Waals surface area contributed by atoms with Gasteiger partial charge in [0.1, 0.15) is 23.4 Å². The number of β-amino-alcohol motifs (C(OH)–C–C–N with tert-alkyl or cyclic N) is 1. The lowest BCUT2D eigenvalue weighted by Crippen LogP contribution is -2.32. The van der Waals surface area contributed by atoms with Gasteiger partial charge in [-0.1, -0.05) is 22.0 Å². The number of aromatic nitrogens is 1. The minimum Gasteiger partial charge on any atom is -0.459 e. The van der Waals surface area contributed by atoms with Gasteiger partial charge in [-0.2, -0.15) is 0 Å². The summed E-state index contributed by atoms with van der Waals surface area (Å²) in [5, 5.41) is 13.3. The Morgan fingerprint density at radius 3 is 2.82 bits per heavy atom. The molecule has 1 aliphatic rings. The molecule has 0 saturated carbocycles. The molecule has 0 spiro atoms. The van der Waals surface area contributed by atoms with E-state index in [-0.39, 0.29) is 24.5 Å². The average Bonchev–Trinajstić information content (AvgIpc) is 3.28. The van der Waals surface area contributed by atoms with E-state index in [0.29, 0.717) is 33.2 Å². The lowest BCUT2D eigenvalue weighted by atomic mass is 10.0. The monoisotopic (exact) mass is 461 g/mol. The fourth-order valence-corrected chi connectivity index (χ4v) is 4.07. The second kappa shape index (κ2) is 7.98. The van der Waals surface area contributed by atoms with Crippen LogP contribution in [-0.4, -0.2) is 33.3 Å². The Labute approximate surface area is 175 Å². The van der Waals surface area contributed by atoms with Gasteiger partial charge in [-0.3, -0.25) is 4.98 Å². The molecule has 2 N–H and O–H groups in total. The zero-order valence-electron chi connectivity index (χ0n) is 14.7. The highest BCUT2D eigenvalue weighted by molar-refractivity contribution is 9.10. The van der Waals surface area contributed by atoms with Crippen LogP contribution < -0.4 is 5.32 Å². The van der Waals surface area contributed by atoms with Crippen molar-refractivity contribution in [3.8, 4) is 11.3 Å². The van der Waals surface area contributed by atoms with E-state index < -0.39 is 0 Å². The Kier molecular flexibility index (Phi) is 5.43. The third-order valence-corrected chi connectivity index (χ3v) is 5.50. The number of pyridine rings is 1. The largest absolute Gasteiger partial charge is 0.459 e. The second-order valence-corrected chi connectivity index (χ2v) is 7.67. The van der Waals surface area contributed by atoms with Crippen LogP contribution >= 0.6 is 28.1 Å². The van der Waals surface area contributed by atoms with Gasteiger partial charge in [0.05, 0.1) is 23.9 Å². The molecular weight excluding hydrogens is 445 g/mol. The normalized spacial score (nSPS) is 19.1. The summed E-state index contributed by atoms with van der Waals surface area (Å²) in [7, 11) is 0. The first-order chi connectivity index (χ1) is 13.6. The van der Waals surface area contributed by atoms with Gasteiger partial charge in [0.25, 0.3) is 0 Å². The van der Waals surface area contributed by atoms with Gasteiger partial charge in [-0.25, -0.2) is 4.39 Å². The van der Waals surface area contributed by atoms with E-state index in [1.54, 1.807) is 24.4 Å². The number of benzene rings is 1. The highest BCUT2D eigenvalue weighted by Gasteiger charge is 2.41. The molecule has 5 nitrogen and oxygen atoms in total. The van der Waals surface area contributed by atoms with Gasteiger partial charge in [0, 0.05) is 17.2 Å². The van der Waals surface area contributed by atoms with Crippen LogP contribution in [0.25, 0.3) is 11.3 Å². The van der Waals surface area contributed by atoms with E-state index in [2.05, 4.69) is 26.2 Å². The van der Waals surface area contributed by atoms with Crippen molar-refractivity contribution in [1.29, 1.82) is 0 Å². The summed E-state index contributed by atoms with van der Waals surface area (Å²) in [5.74, 6) is 0.680. The highest BCUT2D eigenvalue weighted by atomic mass is 79.9. The first-order valence-corrected chi connectivity index (χ1v) is 9.92. The van der Waals surface area contributed by atoms with Crippen molar-refractivity contribution in [2.75, 3.05) is 13.2 Å². The van der Waals surface area contributed by atoms with Gasteiger partial charge in [-0.05, 0) is 54.7 Å². The highest BCUT2D eigenvalue weighted by Crippen LogP contribution is 2.40. The van der Waals surface area contributed by atoms with E-state index in [0.717, 1.165) is 5.69 Å². The molecule has 3 aromatic rings. The van der Waals surface area contributed by atoms with Crippen LogP contribution in [0.5, 0.6) is 0 Å². The number of furan rings is 1. The van der Waals surface area contributed by atoms with Gasteiger partial charge < -0.3 is 19.7 Å². The number of hydrogen-bond acceptors (Lipinski definition) is 4. The van der Waals surface area contributed by atoms with Crippen molar-refractivity contribution in [3.63, 3.8) is 0 Å². The first-order valence-electron chi connectivity index (χ1n) is 8.72. The predicted molar refractivity (Wildman–Crippen MR) is 111 cm³/mol. The standard InChI is InChI=1S/C20H17BrFN3O2S/c21-12-4-5-13(14(22)11-12)16-6-7-17(27-16)19-18(15-3-1-2-8-23-15)24-20(28)25(19)9-10-26/h1-8,11,18-19,26H,9-10H2,(H,24,28). The van der Waals surface area contributed by atoms with E-state index in [1.807, 2.05) is 29.2 Å². The number of halogens is 2. The molecule has 1 fully saturated rings. The van der Waals surface area contributed by atoms with Gasteiger partial charge >= 0.3 is 0 Å². The summed E-state index contributed by atoms with van der Waals surface area (Å²) in [5.41, 5.74) is 1.19. The molecule has 8 heteroatoms. The minimum atomic E-state index is -0.371. The summed E-state index contributed by atoms with van der Waals surface area (Å²) in [4.78, 5) is 6.31. The van der Waals surface area contributed by atoms with E-state index in [9.17, 15) is 9.50 Å². The Bertz CT molecular complexity index is 998. The lowest BCUT2D eigenvalue weighted by molar-refractivity contribution is 0.209. The number of nitrogens with zero attached hydrogens (tertiary/aromatic N) is 2. The smallest absolute Gasteiger partial charge is 0.170 e. The molecule has 0 bridgehead atoms. The van der Waals surface area contributed by atoms with E-state index in [1.165, 1.54) is 6.07 Å². The zero-order valence-corrected chi connectivity index (χ0v) is 17.1. The van der Waals surface area contributed by atoms with Crippen molar-refractivity contribution < 1.29 is 13.9 Å². The summed E-state index contributed by atoms with van der Waals surface area (Å²) in [6.07, 6.45) is 1.72. The minimum absolute atomic E-state index is 0.0534. The summed E-state index contributed by atoms with van der Waals surface area (Å²) >= 11 is 8.73. The number of aliphatic hydroxyl groups excluding tert-OH is 1. The van der Waals surface area contributed by atoms with Crippen LogP contribution in [0.1, 0.15) is 23.5 Å². The van der Waals surface area contributed by atoms with Gasteiger partial charge in [0.15, 0.2) is 5.11 Å². The molecular formula is C20H17BrFN3O2S. The molecule has 28 heavy (non-hydrogen) atoms. The van der Waals surface area contributed by atoms with Crippen molar-refractivity contribution in [3.05, 3.63) is 76.5 Å². The number of thiocarbonyl (C=S) groups is 1. The van der Waals surface area contributed by atoms with Crippen molar-refractivity contribution in [2.24, 2.45) is 0 Å². The SMILES string of the molecule is OCCN1C(=S)NC(c2ccccn2)C1c1ccc(-c2ccc(Br)cc2F)o1. The third kappa shape index (κ3) is 3.55. The first kappa shape index (κ1) is 19.0.